The zero-order valence-electron chi connectivity index (χ0n) is 12.5. The molecule has 6 heteroatoms. The summed E-state index contributed by atoms with van der Waals surface area (Å²) in [6.07, 6.45) is 0.600. The van der Waals surface area contributed by atoms with Gasteiger partial charge in [-0.15, -0.1) is 0 Å². The molecule has 6 nitrogen and oxygen atoms in total. The second kappa shape index (κ2) is 5.63. The van der Waals surface area contributed by atoms with E-state index in [1.165, 1.54) is 7.11 Å². The zero-order valence-corrected chi connectivity index (χ0v) is 12.5. The summed E-state index contributed by atoms with van der Waals surface area (Å²) in [5.41, 5.74) is -0.394. The van der Waals surface area contributed by atoms with Gasteiger partial charge in [-0.2, -0.15) is 0 Å². The van der Waals surface area contributed by atoms with E-state index in [1.54, 1.807) is 30.1 Å². The number of likely N-dealkylation sites (tertiary alicyclic amines) is 1. The molecule has 114 valence electrons. The van der Waals surface area contributed by atoms with Gasteiger partial charge in [-0.1, -0.05) is 6.07 Å². The van der Waals surface area contributed by atoms with Gasteiger partial charge < -0.3 is 20.1 Å². The van der Waals surface area contributed by atoms with Crippen molar-refractivity contribution in [1.82, 2.24) is 10.2 Å². The Balaban J connectivity index is 2.21. The maximum absolute atomic E-state index is 12.5. The predicted octanol–water partition coefficient (Wildman–Crippen LogP) is 0.999. The topological polar surface area (TPSA) is 78.9 Å². The Labute approximate surface area is 123 Å². The van der Waals surface area contributed by atoms with Gasteiger partial charge in [0.1, 0.15) is 0 Å². The highest BCUT2D eigenvalue weighted by Gasteiger charge is 2.42. The fourth-order valence-electron chi connectivity index (χ4n) is 2.65. The number of ether oxygens (including phenoxy) is 1. The van der Waals surface area contributed by atoms with Crippen LogP contribution in [0.15, 0.2) is 18.2 Å². The SMILES string of the molecule is CNC(=O)C1(C)CCN(C(=O)c2cccc(OC)c2O)C1. The molecular weight excluding hydrogens is 272 g/mol. The van der Waals surface area contributed by atoms with Crippen molar-refractivity contribution in [2.75, 3.05) is 27.2 Å². The standard InChI is InChI=1S/C15H20N2O4/c1-15(14(20)16-2)7-8-17(9-15)13(19)10-5-4-6-11(21-3)12(10)18/h4-6,18H,7-9H2,1-3H3,(H,16,20). The number of para-hydroxylation sites is 1. The van der Waals surface area contributed by atoms with E-state index in [0.717, 1.165) is 0 Å². The highest BCUT2D eigenvalue weighted by atomic mass is 16.5. The molecule has 1 heterocycles. The van der Waals surface area contributed by atoms with E-state index < -0.39 is 5.41 Å². The molecule has 1 fully saturated rings. The number of hydrogen-bond donors (Lipinski definition) is 2. The average molecular weight is 292 g/mol. The van der Waals surface area contributed by atoms with Gasteiger partial charge >= 0.3 is 0 Å². The van der Waals surface area contributed by atoms with Gasteiger partial charge in [-0.3, -0.25) is 9.59 Å². The van der Waals surface area contributed by atoms with E-state index >= 15 is 0 Å². The Morgan fingerprint density at radius 2 is 2.14 bits per heavy atom. The summed E-state index contributed by atoms with van der Waals surface area (Å²) in [4.78, 5) is 26.0. The van der Waals surface area contributed by atoms with Crippen LogP contribution in [-0.4, -0.2) is 49.1 Å². The summed E-state index contributed by atoms with van der Waals surface area (Å²) in [6.45, 7) is 2.66. The Hall–Kier alpha value is -2.24. The number of phenolic OH excluding ortho intramolecular Hbond substituents is 1. The maximum atomic E-state index is 12.5. The molecule has 0 aromatic heterocycles. The van der Waals surface area contributed by atoms with Crippen LogP contribution >= 0.6 is 0 Å². The highest BCUT2D eigenvalue weighted by Crippen LogP contribution is 2.34. The molecule has 0 aliphatic carbocycles. The van der Waals surface area contributed by atoms with Crippen LogP contribution in [-0.2, 0) is 4.79 Å². The molecule has 0 radical (unpaired) electrons. The molecule has 1 aliphatic rings. The average Bonchev–Trinajstić information content (AvgIpc) is 2.89. The molecule has 1 atom stereocenters. The van der Waals surface area contributed by atoms with Crippen LogP contribution in [0.4, 0.5) is 0 Å². The van der Waals surface area contributed by atoms with Crippen molar-refractivity contribution < 1.29 is 19.4 Å². The highest BCUT2D eigenvalue weighted by molar-refractivity contribution is 5.98. The number of rotatable bonds is 3. The fraction of sp³-hybridized carbons (Fsp3) is 0.467. The first-order valence-corrected chi connectivity index (χ1v) is 6.80. The Morgan fingerprint density at radius 1 is 1.43 bits per heavy atom. The van der Waals surface area contributed by atoms with Gasteiger partial charge in [0.2, 0.25) is 5.91 Å². The van der Waals surface area contributed by atoms with Gasteiger partial charge in [-0.25, -0.2) is 0 Å². The van der Waals surface area contributed by atoms with Gasteiger partial charge in [-0.05, 0) is 25.5 Å². The number of nitrogens with one attached hydrogen (secondary N) is 1. The first-order valence-electron chi connectivity index (χ1n) is 6.80. The van der Waals surface area contributed by atoms with E-state index in [2.05, 4.69) is 5.32 Å². The molecule has 0 bridgehead atoms. The van der Waals surface area contributed by atoms with Crippen molar-refractivity contribution in [3.8, 4) is 11.5 Å². The largest absolute Gasteiger partial charge is 0.504 e. The monoisotopic (exact) mass is 292 g/mol. The number of methoxy groups -OCH3 is 1. The van der Waals surface area contributed by atoms with Crippen molar-refractivity contribution in [1.29, 1.82) is 0 Å². The third kappa shape index (κ3) is 2.66. The van der Waals surface area contributed by atoms with Gasteiger partial charge in [0.15, 0.2) is 11.5 Å². The van der Waals surface area contributed by atoms with Gasteiger partial charge in [0.05, 0.1) is 18.1 Å². The van der Waals surface area contributed by atoms with Crippen molar-refractivity contribution in [3.05, 3.63) is 23.8 Å². The fourth-order valence-corrected chi connectivity index (χ4v) is 2.65. The lowest BCUT2D eigenvalue weighted by molar-refractivity contribution is -0.128. The third-order valence-electron chi connectivity index (χ3n) is 3.99. The van der Waals surface area contributed by atoms with Crippen molar-refractivity contribution in [2.45, 2.75) is 13.3 Å². The van der Waals surface area contributed by atoms with E-state index in [9.17, 15) is 14.7 Å². The molecule has 1 aliphatic heterocycles. The first kappa shape index (κ1) is 15.2. The Morgan fingerprint density at radius 3 is 2.76 bits per heavy atom. The maximum Gasteiger partial charge on any atom is 0.257 e. The summed E-state index contributed by atoms with van der Waals surface area (Å²) in [5, 5.41) is 12.7. The van der Waals surface area contributed by atoms with Crippen LogP contribution in [0.2, 0.25) is 0 Å². The summed E-state index contributed by atoms with van der Waals surface area (Å²) in [5.74, 6) is -0.278. The Kier molecular flexibility index (Phi) is 4.06. The minimum Gasteiger partial charge on any atom is -0.504 e. The molecule has 2 rings (SSSR count). The van der Waals surface area contributed by atoms with Crippen molar-refractivity contribution in [2.24, 2.45) is 5.41 Å². The minimum absolute atomic E-state index is 0.0762. The second-order valence-electron chi connectivity index (χ2n) is 5.47. The first-order chi connectivity index (χ1) is 9.92. The Bertz CT molecular complexity index is 573. The lowest BCUT2D eigenvalue weighted by Crippen LogP contribution is -2.40. The number of amides is 2. The number of carbonyl (C=O) groups excluding carboxylic acids is 2. The van der Waals surface area contributed by atoms with E-state index in [0.29, 0.717) is 19.5 Å². The number of nitrogens with zero attached hydrogens (tertiary/aromatic N) is 1. The summed E-state index contributed by atoms with van der Waals surface area (Å²) in [7, 11) is 3.02. The van der Waals surface area contributed by atoms with Gasteiger partial charge in [0.25, 0.3) is 5.91 Å². The lowest BCUT2D eigenvalue weighted by atomic mass is 9.89. The van der Waals surface area contributed by atoms with E-state index in [-0.39, 0.29) is 28.9 Å². The second-order valence-corrected chi connectivity index (χ2v) is 5.47. The molecule has 1 aromatic carbocycles. The molecule has 2 amide bonds. The predicted molar refractivity (Wildman–Crippen MR) is 77.4 cm³/mol. The van der Waals surface area contributed by atoms with E-state index in [1.807, 2.05) is 6.92 Å². The molecule has 21 heavy (non-hydrogen) atoms. The number of phenols is 1. The van der Waals surface area contributed by atoms with Crippen LogP contribution in [0.25, 0.3) is 0 Å². The summed E-state index contributed by atoms with van der Waals surface area (Å²) < 4.78 is 5.01. The smallest absolute Gasteiger partial charge is 0.257 e. The number of aromatic hydroxyl groups is 1. The molecule has 2 N–H and O–H groups in total. The lowest BCUT2D eigenvalue weighted by Gasteiger charge is -2.23. The summed E-state index contributed by atoms with van der Waals surface area (Å²) >= 11 is 0. The van der Waals surface area contributed by atoms with Crippen LogP contribution < -0.4 is 10.1 Å². The van der Waals surface area contributed by atoms with Crippen LogP contribution in [0, 0.1) is 5.41 Å². The van der Waals surface area contributed by atoms with Crippen LogP contribution in [0.3, 0.4) is 0 Å². The normalized spacial score (nSPS) is 21.2. The van der Waals surface area contributed by atoms with Crippen LogP contribution in [0.5, 0.6) is 11.5 Å². The van der Waals surface area contributed by atoms with Crippen LogP contribution in [0.1, 0.15) is 23.7 Å². The molecular formula is C15H20N2O4. The zero-order chi connectivity index (χ0) is 15.6. The molecule has 1 aromatic rings. The van der Waals surface area contributed by atoms with E-state index in [4.69, 9.17) is 4.74 Å². The number of carbonyl (C=O) groups is 2. The molecule has 0 spiro atoms. The summed E-state index contributed by atoms with van der Waals surface area (Å²) in [6, 6.07) is 4.79. The molecule has 1 saturated heterocycles. The minimum atomic E-state index is -0.584. The van der Waals surface area contributed by atoms with Crippen molar-refractivity contribution in [3.63, 3.8) is 0 Å². The quantitative estimate of drug-likeness (QED) is 0.871. The number of hydrogen-bond acceptors (Lipinski definition) is 4. The third-order valence-corrected chi connectivity index (χ3v) is 3.99. The van der Waals surface area contributed by atoms with Gasteiger partial charge in [0, 0.05) is 20.1 Å². The molecule has 1 unspecified atom stereocenters. The molecule has 0 saturated carbocycles. The van der Waals surface area contributed by atoms with Crippen molar-refractivity contribution >= 4 is 11.8 Å². The number of benzene rings is 1.